The monoisotopic (exact) mass is 311 g/mol. The number of rotatable bonds is 2. The zero-order valence-electron chi connectivity index (χ0n) is 11.6. The van der Waals surface area contributed by atoms with Crippen molar-refractivity contribution in [3.63, 3.8) is 0 Å². The van der Waals surface area contributed by atoms with Crippen LogP contribution in [0.2, 0.25) is 0 Å². The zero-order chi connectivity index (χ0) is 15.9. The molecular formula is C17H10FNO2S. The molecule has 0 spiro atoms. The quantitative estimate of drug-likeness (QED) is 0.655. The van der Waals surface area contributed by atoms with Crippen molar-refractivity contribution < 1.29 is 14.3 Å². The summed E-state index contributed by atoms with van der Waals surface area (Å²) < 4.78 is 14.0. The Morgan fingerprint density at radius 1 is 1.32 bits per heavy atom. The van der Waals surface area contributed by atoms with Crippen LogP contribution in [0.1, 0.15) is 15.2 Å². The van der Waals surface area contributed by atoms with Crippen LogP contribution in [0.5, 0.6) is 0 Å². The first-order chi connectivity index (χ1) is 10.5. The smallest absolute Gasteiger partial charge is 0.346 e. The Bertz CT molecular complexity index is 953. The van der Waals surface area contributed by atoms with Gasteiger partial charge in [0.1, 0.15) is 10.7 Å². The molecule has 0 aliphatic heterocycles. The summed E-state index contributed by atoms with van der Waals surface area (Å²) in [6.07, 6.45) is 0. The highest BCUT2D eigenvalue weighted by Gasteiger charge is 2.21. The Morgan fingerprint density at radius 2 is 2.09 bits per heavy atom. The van der Waals surface area contributed by atoms with E-state index in [1.54, 1.807) is 31.2 Å². The number of fused-ring (bicyclic) bond motifs is 1. The summed E-state index contributed by atoms with van der Waals surface area (Å²) in [7, 11) is 0. The second kappa shape index (κ2) is 5.24. The van der Waals surface area contributed by atoms with E-state index in [4.69, 9.17) is 6.57 Å². The molecule has 0 bridgehead atoms. The van der Waals surface area contributed by atoms with Gasteiger partial charge in [-0.1, -0.05) is 18.2 Å². The largest absolute Gasteiger partial charge is 0.477 e. The van der Waals surface area contributed by atoms with Gasteiger partial charge in [0, 0.05) is 15.6 Å². The Morgan fingerprint density at radius 3 is 2.77 bits per heavy atom. The Labute approximate surface area is 130 Å². The molecule has 3 rings (SSSR count). The van der Waals surface area contributed by atoms with Gasteiger partial charge in [0.25, 0.3) is 0 Å². The van der Waals surface area contributed by atoms with Gasteiger partial charge in [-0.05, 0) is 36.2 Å². The molecule has 0 radical (unpaired) electrons. The zero-order valence-corrected chi connectivity index (χ0v) is 12.4. The number of carboxylic acids is 1. The number of aromatic carboxylic acids is 1. The number of nitrogens with zero attached hydrogens (tertiary/aromatic N) is 1. The number of hydrogen-bond donors (Lipinski definition) is 1. The first kappa shape index (κ1) is 14.2. The molecule has 0 aliphatic rings. The molecule has 1 aromatic heterocycles. The van der Waals surface area contributed by atoms with Crippen molar-refractivity contribution in [1.29, 1.82) is 0 Å². The number of benzene rings is 2. The van der Waals surface area contributed by atoms with E-state index < -0.39 is 11.8 Å². The van der Waals surface area contributed by atoms with Gasteiger partial charge in [-0.2, -0.15) is 0 Å². The summed E-state index contributed by atoms with van der Waals surface area (Å²) in [5, 5.41) is 10.2. The summed E-state index contributed by atoms with van der Waals surface area (Å²) in [6, 6.07) is 9.46. The summed E-state index contributed by atoms with van der Waals surface area (Å²) in [5.41, 5.74) is 2.46. The molecule has 0 atom stereocenters. The SMILES string of the molecule is [C-]#[N+]c1cccc(-c2c(C(=O)O)sc3cc(F)ccc23)c1C. The molecule has 5 heteroatoms. The summed E-state index contributed by atoms with van der Waals surface area (Å²) in [6.45, 7) is 8.99. The summed E-state index contributed by atoms with van der Waals surface area (Å²) in [5.74, 6) is -1.45. The van der Waals surface area contributed by atoms with Crippen LogP contribution < -0.4 is 0 Å². The average Bonchev–Trinajstić information content (AvgIpc) is 2.86. The molecule has 1 heterocycles. The van der Waals surface area contributed by atoms with E-state index in [1.807, 2.05) is 0 Å². The fourth-order valence-corrected chi connectivity index (χ4v) is 3.58. The lowest BCUT2D eigenvalue weighted by Gasteiger charge is -2.08. The van der Waals surface area contributed by atoms with E-state index in [9.17, 15) is 14.3 Å². The molecule has 1 N–H and O–H groups in total. The Hall–Kier alpha value is -2.71. The lowest BCUT2D eigenvalue weighted by atomic mass is 9.96. The standard InChI is InChI=1S/C17H10FNO2S/c1-9-11(4-3-5-13(9)19-2)15-12-7-6-10(18)8-14(12)22-16(15)17(20)21/h3-8H,1H3,(H,20,21). The van der Waals surface area contributed by atoms with Crippen molar-refractivity contribution in [1.82, 2.24) is 0 Å². The van der Waals surface area contributed by atoms with Crippen molar-refractivity contribution in [2.24, 2.45) is 0 Å². The highest BCUT2D eigenvalue weighted by molar-refractivity contribution is 7.21. The minimum absolute atomic E-state index is 0.158. The number of hydrogen-bond acceptors (Lipinski definition) is 2. The molecule has 0 saturated heterocycles. The second-order valence-corrected chi connectivity index (χ2v) is 5.87. The van der Waals surface area contributed by atoms with Gasteiger partial charge in [-0.3, -0.25) is 0 Å². The van der Waals surface area contributed by atoms with Crippen LogP contribution in [0.15, 0.2) is 36.4 Å². The minimum atomic E-state index is -1.05. The van der Waals surface area contributed by atoms with E-state index in [-0.39, 0.29) is 4.88 Å². The third kappa shape index (κ3) is 2.14. The van der Waals surface area contributed by atoms with Gasteiger partial charge in [-0.25, -0.2) is 14.0 Å². The average molecular weight is 311 g/mol. The molecule has 0 unspecified atom stereocenters. The van der Waals surface area contributed by atoms with Crippen molar-refractivity contribution in [2.75, 3.05) is 0 Å². The highest BCUT2D eigenvalue weighted by Crippen LogP contribution is 2.42. The van der Waals surface area contributed by atoms with Gasteiger partial charge >= 0.3 is 5.97 Å². The van der Waals surface area contributed by atoms with Crippen molar-refractivity contribution in [3.8, 4) is 11.1 Å². The molecule has 3 nitrogen and oxygen atoms in total. The maximum atomic E-state index is 13.4. The lowest BCUT2D eigenvalue weighted by Crippen LogP contribution is -1.95. The van der Waals surface area contributed by atoms with E-state index in [1.165, 1.54) is 12.1 Å². The predicted molar refractivity (Wildman–Crippen MR) is 85.2 cm³/mol. The molecule has 0 amide bonds. The van der Waals surface area contributed by atoms with E-state index in [0.717, 1.165) is 16.9 Å². The fourth-order valence-electron chi connectivity index (χ4n) is 2.50. The van der Waals surface area contributed by atoms with Crippen LogP contribution in [-0.2, 0) is 0 Å². The maximum absolute atomic E-state index is 13.4. The van der Waals surface area contributed by atoms with Crippen molar-refractivity contribution >= 4 is 33.1 Å². The van der Waals surface area contributed by atoms with Gasteiger partial charge in [0.05, 0.1) is 6.57 Å². The van der Waals surface area contributed by atoms with Crippen LogP contribution >= 0.6 is 11.3 Å². The highest BCUT2D eigenvalue weighted by atomic mass is 32.1. The molecule has 2 aromatic carbocycles. The van der Waals surface area contributed by atoms with Crippen molar-refractivity contribution in [3.05, 3.63) is 64.1 Å². The Kier molecular flexibility index (Phi) is 3.39. The normalized spacial score (nSPS) is 10.6. The molecule has 0 aliphatic carbocycles. The van der Waals surface area contributed by atoms with Crippen LogP contribution in [0.4, 0.5) is 10.1 Å². The molecule has 0 saturated carbocycles. The van der Waals surface area contributed by atoms with Crippen molar-refractivity contribution in [2.45, 2.75) is 6.92 Å². The predicted octanol–water partition coefficient (Wildman–Crippen LogP) is 5.26. The van der Waals surface area contributed by atoms with Crippen LogP contribution in [0, 0.1) is 19.3 Å². The molecule has 22 heavy (non-hydrogen) atoms. The third-order valence-corrected chi connectivity index (χ3v) is 4.68. The molecule has 0 fully saturated rings. The van der Waals surface area contributed by atoms with E-state index >= 15 is 0 Å². The molecular weight excluding hydrogens is 301 g/mol. The summed E-state index contributed by atoms with van der Waals surface area (Å²) in [4.78, 5) is 15.2. The van der Waals surface area contributed by atoms with Gasteiger partial charge in [0.15, 0.2) is 5.69 Å². The molecule has 108 valence electrons. The molecule has 3 aromatic rings. The van der Waals surface area contributed by atoms with Crippen LogP contribution in [0.25, 0.3) is 26.1 Å². The first-order valence-electron chi connectivity index (χ1n) is 6.45. The maximum Gasteiger partial charge on any atom is 0.346 e. The minimum Gasteiger partial charge on any atom is -0.477 e. The van der Waals surface area contributed by atoms with Gasteiger partial charge in [-0.15, -0.1) is 11.3 Å². The third-order valence-electron chi connectivity index (χ3n) is 3.54. The number of carboxylic acid groups (broad SMARTS) is 1. The topological polar surface area (TPSA) is 41.7 Å². The number of halogens is 1. The van der Waals surface area contributed by atoms with E-state index in [0.29, 0.717) is 26.9 Å². The first-order valence-corrected chi connectivity index (χ1v) is 7.27. The lowest BCUT2D eigenvalue weighted by molar-refractivity contribution is 0.0703. The van der Waals surface area contributed by atoms with Crippen LogP contribution in [0.3, 0.4) is 0 Å². The second-order valence-electron chi connectivity index (χ2n) is 4.81. The summed E-state index contributed by atoms with van der Waals surface area (Å²) >= 11 is 1.05. The number of thiophene rings is 1. The van der Waals surface area contributed by atoms with Crippen LogP contribution in [-0.4, -0.2) is 11.1 Å². The number of carbonyl (C=O) groups is 1. The van der Waals surface area contributed by atoms with E-state index in [2.05, 4.69) is 4.85 Å². The van der Waals surface area contributed by atoms with Gasteiger partial charge in [0.2, 0.25) is 0 Å². The Balaban J connectivity index is 2.42. The van der Waals surface area contributed by atoms with Gasteiger partial charge < -0.3 is 5.11 Å². The fraction of sp³-hybridized carbons (Fsp3) is 0.0588.